The van der Waals surface area contributed by atoms with Gasteiger partial charge in [0, 0.05) is 0 Å². The first-order chi connectivity index (χ1) is 8.22. The minimum Gasteiger partial charge on any atom is -0.415 e. The van der Waals surface area contributed by atoms with Crippen LogP contribution in [0.15, 0.2) is 17.5 Å². The van der Waals surface area contributed by atoms with Crippen LogP contribution in [0.1, 0.15) is 19.8 Å². The summed E-state index contributed by atoms with van der Waals surface area (Å²) in [7, 11) is 0. The fraction of sp³-hybridized carbons (Fsp3) is 0.417. The molecule has 0 amide bonds. The smallest absolute Gasteiger partial charge is 0.317 e. The predicted octanol–water partition coefficient (Wildman–Crippen LogP) is 2.73. The second-order valence-electron chi connectivity index (χ2n) is 3.48. The van der Waals surface area contributed by atoms with E-state index >= 15 is 0 Å². The highest BCUT2D eigenvalue weighted by Crippen LogP contribution is 2.23. The van der Waals surface area contributed by atoms with E-state index in [4.69, 9.17) is 15.3 Å². The van der Waals surface area contributed by atoms with Crippen molar-refractivity contribution in [3.05, 3.63) is 17.5 Å². The minimum atomic E-state index is -0.942. The van der Waals surface area contributed by atoms with E-state index in [2.05, 4.69) is 0 Å². The van der Waals surface area contributed by atoms with E-state index in [1.807, 2.05) is 19.1 Å². The van der Waals surface area contributed by atoms with Crippen molar-refractivity contribution in [3.8, 4) is 17.2 Å². The SMILES string of the molecule is CCCC(C(=O)Oc1cccs1)C(C#N)C#N. The molecule has 0 aliphatic carbocycles. The number of rotatable bonds is 5. The lowest BCUT2D eigenvalue weighted by Gasteiger charge is -2.14. The number of hydrogen-bond acceptors (Lipinski definition) is 5. The molecule has 1 aromatic rings. The van der Waals surface area contributed by atoms with Gasteiger partial charge in [-0.25, -0.2) is 0 Å². The summed E-state index contributed by atoms with van der Waals surface area (Å²) in [5.74, 6) is -2.11. The number of nitrogens with zero attached hydrogens (tertiary/aromatic N) is 2. The van der Waals surface area contributed by atoms with Crippen molar-refractivity contribution in [2.75, 3.05) is 0 Å². The monoisotopic (exact) mass is 248 g/mol. The molecule has 0 saturated heterocycles. The first-order valence-corrected chi connectivity index (χ1v) is 6.15. The second kappa shape index (κ2) is 6.67. The summed E-state index contributed by atoms with van der Waals surface area (Å²) in [5, 5.41) is 19.9. The number of esters is 1. The Balaban J connectivity index is 2.74. The number of nitriles is 2. The Labute approximate surface area is 104 Å². The standard InChI is InChI=1S/C12H12N2O2S/c1-2-4-10(9(7-13)8-14)12(15)16-11-5-3-6-17-11/h3,5-6,9-10H,2,4H2,1H3. The van der Waals surface area contributed by atoms with Crippen LogP contribution in [0.2, 0.25) is 0 Å². The van der Waals surface area contributed by atoms with Gasteiger partial charge in [-0.05, 0) is 23.9 Å². The van der Waals surface area contributed by atoms with Gasteiger partial charge in [0.1, 0.15) is 5.92 Å². The largest absolute Gasteiger partial charge is 0.415 e. The molecular weight excluding hydrogens is 236 g/mol. The van der Waals surface area contributed by atoms with Crippen molar-refractivity contribution < 1.29 is 9.53 Å². The van der Waals surface area contributed by atoms with Crippen molar-refractivity contribution in [2.45, 2.75) is 19.8 Å². The maximum Gasteiger partial charge on any atom is 0.317 e. The topological polar surface area (TPSA) is 73.9 Å². The molecule has 1 unspecified atom stereocenters. The summed E-state index contributed by atoms with van der Waals surface area (Å²) in [4.78, 5) is 11.8. The number of hydrogen-bond donors (Lipinski definition) is 0. The van der Waals surface area contributed by atoms with Gasteiger partial charge in [-0.15, -0.1) is 11.3 Å². The van der Waals surface area contributed by atoms with Crippen molar-refractivity contribution in [1.82, 2.24) is 0 Å². The molecule has 0 radical (unpaired) electrons. The van der Waals surface area contributed by atoms with Crippen molar-refractivity contribution in [1.29, 1.82) is 10.5 Å². The van der Waals surface area contributed by atoms with E-state index in [0.29, 0.717) is 11.5 Å². The van der Waals surface area contributed by atoms with Crippen molar-refractivity contribution in [2.24, 2.45) is 11.8 Å². The Morgan fingerprint density at radius 3 is 2.71 bits per heavy atom. The van der Waals surface area contributed by atoms with E-state index in [1.54, 1.807) is 17.5 Å². The molecule has 0 N–H and O–H groups in total. The zero-order chi connectivity index (χ0) is 12.7. The van der Waals surface area contributed by atoms with Gasteiger partial charge < -0.3 is 4.74 Å². The molecule has 0 spiro atoms. The summed E-state index contributed by atoms with van der Waals surface area (Å²) in [6.07, 6.45) is 1.21. The number of carbonyl (C=O) groups is 1. The molecule has 1 atom stereocenters. The Bertz CT molecular complexity index is 428. The van der Waals surface area contributed by atoms with E-state index in [9.17, 15) is 4.79 Å². The zero-order valence-corrected chi connectivity index (χ0v) is 10.2. The van der Waals surface area contributed by atoms with Gasteiger partial charge in [-0.3, -0.25) is 4.79 Å². The average Bonchev–Trinajstić information content (AvgIpc) is 2.82. The summed E-state index contributed by atoms with van der Waals surface area (Å²) in [5.41, 5.74) is 0. The van der Waals surface area contributed by atoms with Crippen LogP contribution in [-0.2, 0) is 4.79 Å². The maximum absolute atomic E-state index is 11.8. The summed E-state index contributed by atoms with van der Waals surface area (Å²) in [6, 6.07) is 7.13. The van der Waals surface area contributed by atoms with Gasteiger partial charge in [0.15, 0.2) is 5.06 Å². The van der Waals surface area contributed by atoms with E-state index in [0.717, 1.165) is 6.42 Å². The van der Waals surface area contributed by atoms with Crippen LogP contribution in [0, 0.1) is 34.5 Å². The molecule has 1 rings (SSSR count). The molecule has 1 aromatic heterocycles. The van der Waals surface area contributed by atoms with Gasteiger partial charge >= 0.3 is 5.97 Å². The molecular formula is C12H12N2O2S. The first kappa shape index (κ1) is 13.2. The van der Waals surface area contributed by atoms with Crippen molar-refractivity contribution >= 4 is 17.3 Å². The average molecular weight is 248 g/mol. The molecule has 5 heteroatoms. The van der Waals surface area contributed by atoms with Gasteiger partial charge in [0.25, 0.3) is 0 Å². The lowest BCUT2D eigenvalue weighted by Crippen LogP contribution is -2.26. The highest BCUT2D eigenvalue weighted by atomic mass is 32.1. The predicted molar refractivity (Wildman–Crippen MR) is 63.1 cm³/mol. The molecule has 88 valence electrons. The summed E-state index contributed by atoms with van der Waals surface area (Å²) in [6.45, 7) is 1.90. The zero-order valence-electron chi connectivity index (χ0n) is 9.42. The highest BCUT2D eigenvalue weighted by molar-refractivity contribution is 7.11. The number of carbonyl (C=O) groups excluding carboxylic acids is 1. The van der Waals surface area contributed by atoms with Gasteiger partial charge in [0.2, 0.25) is 0 Å². The summed E-state index contributed by atoms with van der Waals surface area (Å²) < 4.78 is 5.13. The quantitative estimate of drug-likeness (QED) is 0.751. The lowest BCUT2D eigenvalue weighted by molar-refractivity contribution is -0.139. The van der Waals surface area contributed by atoms with Crippen molar-refractivity contribution in [3.63, 3.8) is 0 Å². The third-order valence-corrected chi connectivity index (χ3v) is 3.02. The summed E-state index contributed by atoms with van der Waals surface area (Å²) >= 11 is 1.30. The van der Waals surface area contributed by atoms with Crippen LogP contribution >= 0.6 is 11.3 Å². The normalized spacial score (nSPS) is 11.5. The molecule has 1 heterocycles. The Morgan fingerprint density at radius 1 is 1.53 bits per heavy atom. The second-order valence-corrected chi connectivity index (χ2v) is 4.39. The molecule has 0 aliphatic heterocycles. The Morgan fingerprint density at radius 2 is 2.24 bits per heavy atom. The fourth-order valence-electron chi connectivity index (χ4n) is 1.44. The Kier molecular flexibility index (Phi) is 5.19. The molecule has 0 bridgehead atoms. The molecule has 4 nitrogen and oxygen atoms in total. The van der Waals surface area contributed by atoms with Gasteiger partial charge in [-0.2, -0.15) is 10.5 Å². The van der Waals surface area contributed by atoms with E-state index < -0.39 is 17.8 Å². The third-order valence-electron chi connectivity index (χ3n) is 2.28. The van der Waals surface area contributed by atoms with Crippen LogP contribution in [0.25, 0.3) is 0 Å². The minimum absolute atomic E-state index is 0.482. The molecule has 17 heavy (non-hydrogen) atoms. The number of thiophene rings is 1. The molecule has 0 aromatic carbocycles. The van der Waals surface area contributed by atoms with E-state index in [1.165, 1.54) is 11.3 Å². The van der Waals surface area contributed by atoms with Crippen LogP contribution in [0.4, 0.5) is 0 Å². The van der Waals surface area contributed by atoms with Crippen LogP contribution in [0.3, 0.4) is 0 Å². The highest BCUT2D eigenvalue weighted by Gasteiger charge is 2.29. The van der Waals surface area contributed by atoms with Crippen LogP contribution < -0.4 is 4.74 Å². The number of ether oxygens (including phenoxy) is 1. The third kappa shape index (κ3) is 3.58. The van der Waals surface area contributed by atoms with Gasteiger partial charge in [0.05, 0.1) is 18.1 Å². The molecule has 0 fully saturated rings. The van der Waals surface area contributed by atoms with Crippen LogP contribution in [0.5, 0.6) is 5.06 Å². The van der Waals surface area contributed by atoms with E-state index in [-0.39, 0.29) is 0 Å². The Hall–Kier alpha value is -1.85. The molecule has 0 aliphatic rings. The first-order valence-electron chi connectivity index (χ1n) is 5.27. The van der Waals surface area contributed by atoms with Crippen LogP contribution in [-0.4, -0.2) is 5.97 Å². The fourth-order valence-corrected chi connectivity index (χ4v) is 2.02. The van der Waals surface area contributed by atoms with Gasteiger partial charge in [-0.1, -0.05) is 13.3 Å². The lowest BCUT2D eigenvalue weighted by atomic mass is 9.91. The molecule has 0 saturated carbocycles. The maximum atomic E-state index is 11.8.